The van der Waals surface area contributed by atoms with Crippen LogP contribution < -0.4 is 15.0 Å². The van der Waals surface area contributed by atoms with Crippen LogP contribution in [0, 0.1) is 0 Å². The van der Waals surface area contributed by atoms with Crippen molar-refractivity contribution in [3.63, 3.8) is 0 Å². The quantitative estimate of drug-likeness (QED) is 0.788. The standard InChI is InChI=1S/C24H28N2O3/c1-2-22(29-21-14-9-17-6-3-4-7-18(17)16-21)24(28)25-19-10-12-20(13-11-19)26-15-5-8-23(26)27/h9-14,16,22H,2-8,15H2,1H3,(H,25,28)/t22-/m1/s1. The number of nitrogens with one attached hydrogen (secondary N) is 1. The van der Waals surface area contributed by atoms with Crippen molar-refractivity contribution in [2.24, 2.45) is 0 Å². The molecule has 1 atom stereocenters. The maximum Gasteiger partial charge on any atom is 0.265 e. The number of hydrogen-bond acceptors (Lipinski definition) is 3. The Bertz CT molecular complexity index is 891. The third-order valence-corrected chi connectivity index (χ3v) is 5.78. The van der Waals surface area contributed by atoms with Crippen LogP contribution >= 0.6 is 0 Å². The highest BCUT2D eigenvalue weighted by Gasteiger charge is 2.22. The topological polar surface area (TPSA) is 58.6 Å². The molecule has 2 aromatic rings. The fourth-order valence-corrected chi connectivity index (χ4v) is 4.14. The van der Waals surface area contributed by atoms with Gasteiger partial charge in [-0.2, -0.15) is 0 Å². The van der Waals surface area contributed by atoms with Crippen LogP contribution in [0.15, 0.2) is 42.5 Å². The Morgan fingerprint density at radius 2 is 1.79 bits per heavy atom. The van der Waals surface area contributed by atoms with Crippen LogP contribution in [0.5, 0.6) is 5.75 Å². The molecule has 5 nitrogen and oxygen atoms in total. The van der Waals surface area contributed by atoms with E-state index in [1.807, 2.05) is 37.3 Å². The summed E-state index contributed by atoms with van der Waals surface area (Å²) in [5.41, 5.74) is 4.33. The Hall–Kier alpha value is -2.82. The van der Waals surface area contributed by atoms with Gasteiger partial charge in [-0.1, -0.05) is 13.0 Å². The average molecular weight is 392 g/mol. The maximum atomic E-state index is 12.7. The highest BCUT2D eigenvalue weighted by molar-refractivity contribution is 5.97. The average Bonchev–Trinajstić information content (AvgIpc) is 3.18. The second kappa shape index (κ2) is 8.68. The lowest BCUT2D eigenvalue weighted by molar-refractivity contribution is -0.122. The van der Waals surface area contributed by atoms with Crippen LogP contribution in [-0.4, -0.2) is 24.5 Å². The van der Waals surface area contributed by atoms with Crippen LogP contribution in [-0.2, 0) is 22.4 Å². The van der Waals surface area contributed by atoms with E-state index in [0.29, 0.717) is 18.5 Å². The fraction of sp³-hybridized carbons (Fsp3) is 0.417. The van der Waals surface area contributed by atoms with Gasteiger partial charge in [-0.15, -0.1) is 0 Å². The monoisotopic (exact) mass is 392 g/mol. The van der Waals surface area contributed by atoms with Crippen LogP contribution in [0.3, 0.4) is 0 Å². The smallest absolute Gasteiger partial charge is 0.265 e. The molecule has 1 aliphatic heterocycles. The highest BCUT2D eigenvalue weighted by Crippen LogP contribution is 2.27. The van der Waals surface area contributed by atoms with E-state index in [2.05, 4.69) is 17.4 Å². The zero-order valence-corrected chi connectivity index (χ0v) is 16.9. The predicted octanol–water partition coefficient (Wildman–Crippen LogP) is 4.49. The molecule has 0 aromatic heterocycles. The Labute approximate surface area is 172 Å². The van der Waals surface area contributed by atoms with Gasteiger partial charge in [-0.25, -0.2) is 0 Å². The molecule has 0 unspecified atom stereocenters. The lowest BCUT2D eigenvalue weighted by Crippen LogP contribution is -2.32. The van der Waals surface area contributed by atoms with Gasteiger partial charge in [-0.05, 0) is 86.1 Å². The van der Waals surface area contributed by atoms with Gasteiger partial charge < -0.3 is 15.0 Å². The number of fused-ring (bicyclic) bond motifs is 1. The van der Waals surface area contributed by atoms with Crippen LogP contribution in [0.2, 0.25) is 0 Å². The van der Waals surface area contributed by atoms with Gasteiger partial charge in [0, 0.05) is 24.3 Å². The normalized spacial score (nSPS) is 17.0. The van der Waals surface area contributed by atoms with Crippen molar-refractivity contribution in [1.82, 2.24) is 0 Å². The van der Waals surface area contributed by atoms with Crippen molar-refractivity contribution in [3.05, 3.63) is 53.6 Å². The van der Waals surface area contributed by atoms with Crippen LogP contribution in [0.25, 0.3) is 0 Å². The van der Waals surface area contributed by atoms with Gasteiger partial charge in [0.1, 0.15) is 5.75 Å². The van der Waals surface area contributed by atoms with Crippen LogP contribution in [0.1, 0.15) is 50.2 Å². The van der Waals surface area contributed by atoms with Crippen molar-refractivity contribution in [3.8, 4) is 5.75 Å². The van der Waals surface area contributed by atoms with Gasteiger partial charge in [0.05, 0.1) is 0 Å². The zero-order valence-electron chi connectivity index (χ0n) is 16.9. The van der Waals surface area contributed by atoms with Gasteiger partial charge >= 0.3 is 0 Å². The first-order valence-corrected chi connectivity index (χ1v) is 10.6. The van der Waals surface area contributed by atoms with E-state index < -0.39 is 6.10 Å². The second-order valence-electron chi connectivity index (χ2n) is 7.84. The summed E-state index contributed by atoms with van der Waals surface area (Å²) in [6.07, 6.45) is 6.23. The molecule has 0 spiro atoms. The van der Waals surface area contributed by atoms with Crippen LogP contribution in [0.4, 0.5) is 11.4 Å². The van der Waals surface area contributed by atoms with E-state index in [9.17, 15) is 9.59 Å². The Kier molecular flexibility index (Phi) is 5.84. The molecule has 2 aromatic carbocycles. The molecule has 1 saturated heterocycles. The van der Waals surface area contributed by atoms with Crippen molar-refractivity contribution >= 4 is 23.2 Å². The number of anilines is 2. The summed E-state index contributed by atoms with van der Waals surface area (Å²) in [4.78, 5) is 26.4. The second-order valence-corrected chi connectivity index (χ2v) is 7.84. The molecule has 0 radical (unpaired) electrons. The molecular formula is C24H28N2O3. The lowest BCUT2D eigenvalue weighted by atomic mass is 9.92. The van der Waals surface area contributed by atoms with E-state index in [0.717, 1.165) is 37.2 Å². The third-order valence-electron chi connectivity index (χ3n) is 5.78. The first-order chi connectivity index (χ1) is 14.1. The molecule has 1 fully saturated rings. The number of hydrogen-bond donors (Lipinski definition) is 1. The Morgan fingerprint density at radius 1 is 1.03 bits per heavy atom. The number of carbonyl (C=O) groups is 2. The largest absolute Gasteiger partial charge is 0.481 e. The molecule has 152 valence electrons. The minimum atomic E-state index is -0.545. The number of nitrogens with zero attached hydrogens (tertiary/aromatic N) is 1. The van der Waals surface area contributed by atoms with Crippen molar-refractivity contribution < 1.29 is 14.3 Å². The Morgan fingerprint density at radius 3 is 2.48 bits per heavy atom. The molecule has 0 bridgehead atoms. The Balaban J connectivity index is 1.39. The number of amides is 2. The zero-order chi connectivity index (χ0) is 20.2. The van der Waals surface area contributed by atoms with E-state index in [4.69, 9.17) is 4.74 Å². The summed E-state index contributed by atoms with van der Waals surface area (Å²) in [5.74, 6) is 0.761. The highest BCUT2D eigenvalue weighted by atomic mass is 16.5. The molecule has 5 heteroatoms. The SMILES string of the molecule is CC[C@@H](Oc1ccc2c(c1)CCCC2)C(=O)Nc1ccc(N2CCCC2=O)cc1. The molecule has 1 heterocycles. The molecule has 29 heavy (non-hydrogen) atoms. The van der Waals surface area contributed by atoms with Gasteiger partial charge in [0.25, 0.3) is 5.91 Å². The summed E-state index contributed by atoms with van der Waals surface area (Å²) in [6, 6.07) is 13.6. The summed E-state index contributed by atoms with van der Waals surface area (Å²) >= 11 is 0. The predicted molar refractivity (Wildman–Crippen MR) is 114 cm³/mol. The lowest BCUT2D eigenvalue weighted by Gasteiger charge is -2.21. The van der Waals surface area contributed by atoms with Gasteiger partial charge in [0.15, 0.2) is 6.10 Å². The molecular weight excluding hydrogens is 364 g/mol. The number of aryl methyl sites for hydroxylation is 2. The molecule has 2 amide bonds. The van der Waals surface area contributed by atoms with Crippen molar-refractivity contribution in [2.75, 3.05) is 16.8 Å². The van der Waals surface area contributed by atoms with Gasteiger partial charge in [0.2, 0.25) is 5.91 Å². The van der Waals surface area contributed by atoms with E-state index in [1.54, 1.807) is 4.90 Å². The number of benzene rings is 2. The first kappa shape index (κ1) is 19.5. The van der Waals surface area contributed by atoms with Crippen molar-refractivity contribution in [1.29, 1.82) is 0 Å². The minimum Gasteiger partial charge on any atom is -0.481 e. The molecule has 1 aliphatic carbocycles. The molecule has 1 N–H and O–H groups in total. The molecule has 2 aliphatic rings. The third kappa shape index (κ3) is 4.44. The minimum absolute atomic E-state index is 0.157. The molecule has 4 rings (SSSR count). The summed E-state index contributed by atoms with van der Waals surface area (Å²) < 4.78 is 6.02. The van der Waals surface area contributed by atoms with E-state index >= 15 is 0 Å². The van der Waals surface area contributed by atoms with E-state index in [1.165, 1.54) is 24.0 Å². The maximum absolute atomic E-state index is 12.7. The van der Waals surface area contributed by atoms with E-state index in [-0.39, 0.29) is 11.8 Å². The van der Waals surface area contributed by atoms with Gasteiger partial charge in [-0.3, -0.25) is 9.59 Å². The summed E-state index contributed by atoms with van der Waals surface area (Å²) in [6.45, 7) is 2.71. The first-order valence-electron chi connectivity index (χ1n) is 10.6. The number of rotatable bonds is 6. The number of carbonyl (C=O) groups excluding carboxylic acids is 2. The number of ether oxygens (including phenoxy) is 1. The fourth-order valence-electron chi connectivity index (χ4n) is 4.14. The van der Waals surface area contributed by atoms with Crippen molar-refractivity contribution in [2.45, 2.75) is 58.0 Å². The summed E-state index contributed by atoms with van der Waals surface area (Å²) in [5, 5.41) is 2.94. The molecule has 0 saturated carbocycles. The summed E-state index contributed by atoms with van der Waals surface area (Å²) in [7, 11) is 0.